The molecule has 218 valence electrons. The number of amides is 2. The molecule has 40 heavy (non-hydrogen) atoms. The Hall–Kier alpha value is -3.72. The smallest absolute Gasteiger partial charge is 0.328 e. The summed E-state index contributed by atoms with van der Waals surface area (Å²) in [4.78, 5) is 53.1. The molecule has 2 amide bonds. The molecule has 0 aliphatic carbocycles. The van der Waals surface area contributed by atoms with Gasteiger partial charge < -0.3 is 20.1 Å². The normalized spacial score (nSPS) is 14.2. The van der Waals surface area contributed by atoms with Crippen LogP contribution in [0.4, 0.5) is 0 Å². The van der Waals surface area contributed by atoms with E-state index in [0.717, 1.165) is 6.29 Å². The van der Waals surface area contributed by atoms with E-state index in [1.165, 1.54) is 7.11 Å². The van der Waals surface area contributed by atoms with Gasteiger partial charge in [0.2, 0.25) is 11.8 Å². The standard InChI is InChI=1S/C31H43N3O6/c1-20(2)17-25(31(38)39-7)32-30(37)27(33-29(36)26(34(5)6)18-21(3)4)28(23-11-9-8-10-12-23)40-24-15-13-22(19-35)14-16-24/h8-16,19-21,25-28H,17-18H2,1-7H3,(H,32,37)(H,33,36)/t25-,26-,27-,28-/m0/s1. The second kappa shape index (κ2) is 15.8. The lowest BCUT2D eigenvalue weighted by molar-refractivity contribution is -0.146. The maximum atomic E-state index is 13.9. The average molecular weight is 554 g/mol. The van der Waals surface area contributed by atoms with Gasteiger partial charge in [0, 0.05) is 5.56 Å². The quantitative estimate of drug-likeness (QED) is 0.255. The molecule has 0 fully saturated rings. The van der Waals surface area contributed by atoms with Crippen molar-refractivity contribution in [1.29, 1.82) is 0 Å². The van der Waals surface area contributed by atoms with Crippen LogP contribution in [0.2, 0.25) is 0 Å². The molecule has 2 rings (SSSR count). The number of methoxy groups -OCH3 is 1. The van der Waals surface area contributed by atoms with Gasteiger partial charge in [-0.2, -0.15) is 0 Å². The van der Waals surface area contributed by atoms with Crippen LogP contribution in [-0.4, -0.2) is 68.3 Å². The van der Waals surface area contributed by atoms with Crippen LogP contribution in [0.25, 0.3) is 0 Å². The van der Waals surface area contributed by atoms with E-state index in [9.17, 15) is 19.2 Å². The van der Waals surface area contributed by atoms with Crippen molar-refractivity contribution in [3.05, 3.63) is 65.7 Å². The summed E-state index contributed by atoms with van der Waals surface area (Å²) in [6.07, 6.45) is 0.713. The average Bonchev–Trinajstić information content (AvgIpc) is 2.92. The summed E-state index contributed by atoms with van der Waals surface area (Å²) in [5.41, 5.74) is 1.12. The molecule has 0 heterocycles. The minimum atomic E-state index is -1.20. The summed E-state index contributed by atoms with van der Waals surface area (Å²) < 4.78 is 11.3. The molecule has 0 saturated carbocycles. The van der Waals surface area contributed by atoms with Crippen LogP contribution >= 0.6 is 0 Å². The van der Waals surface area contributed by atoms with Crippen LogP contribution in [0.3, 0.4) is 0 Å². The largest absolute Gasteiger partial charge is 0.483 e. The van der Waals surface area contributed by atoms with Gasteiger partial charge in [-0.15, -0.1) is 0 Å². The summed E-state index contributed by atoms with van der Waals surface area (Å²) in [6, 6.07) is 13.0. The number of aldehydes is 1. The number of likely N-dealkylation sites (N-methyl/N-ethyl adjacent to an activating group) is 1. The molecule has 2 aromatic carbocycles. The molecule has 9 heteroatoms. The van der Waals surface area contributed by atoms with E-state index in [1.807, 2.05) is 64.9 Å². The fraction of sp³-hybridized carbons (Fsp3) is 0.484. The minimum Gasteiger partial charge on any atom is -0.483 e. The number of ether oxygens (including phenoxy) is 2. The number of nitrogens with zero attached hydrogens (tertiary/aromatic N) is 1. The summed E-state index contributed by atoms with van der Waals surface area (Å²) in [5.74, 6) is -0.746. The van der Waals surface area contributed by atoms with Gasteiger partial charge in [0.1, 0.15) is 24.1 Å². The van der Waals surface area contributed by atoms with Crippen molar-refractivity contribution in [3.8, 4) is 5.75 Å². The molecule has 0 aliphatic rings. The molecule has 0 spiro atoms. The van der Waals surface area contributed by atoms with Gasteiger partial charge in [0.25, 0.3) is 0 Å². The Morgan fingerprint density at radius 3 is 1.95 bits per heavy atom. The zero-order valence-corrected chi connectivity index (χ0v) is 24.5. The summed E-state index contributed by atoms with van der Waals surface area (Å²) >= 11 is 0. The van der Waals surface area contributed by atoms with Gasteiger partial charge in [-0.05, 0) is 68.6 Å². The van der Waals surface area contributed by atoms with Crippen molar-refractivity contribution in [1.82, 2.24) is 15.5 Å². The van der Waals surface area contributed by atoms with Crippen molar-refractivity contribution < 1.29 is 28.7 Å². The number of nitrogens with one attached hydrogen (secondary N) is 2. The molecule has 4 atom stereocenters. The molecule has 0 aliphatic heterocycles. The Kier molecular flexibility index (Phi) is 12.8. The Morgan fingerprint density at radius 1 is 0.850 bits per heavy atom. The zero-order valence-electron chi connectivity index (χ0n) is 24.5. The van der Waals surface area contributed by atoms with Crippen molar-refractivity contribution in [3.63, 3.8) is 0 Å². The van der Waals surface area contributed by atoms with Crippen LogP contribution in [0.1, 0.15) is 62.6 Å². The van der Waals surface area contributed by atoms with E-state index in [-0.39, 0.29) is 17.7 Å². The van der Waals surface area contributed by atoms with Crippen molar-refractivity contribution >= 4 is 24.1 Å². The van der Waals surface area contributed by atoms with E-state index in [0.29, 0.717) is 29.7 Å². The molecule has 0 saturated heterocycles. The van der Waals surface area contributed by atoms with Crippen LogP contribution in [-0.2, 0) is 19.1 Å². The zero-order chi connectivity index (χ0) is 29.8. The van der Waals surface area contributed by atoms with Crippen molar-refractivity contribution in [2.45, 2.75) is 64.8 Å². The highest BCUT2D eigenvalue weighted by Gasteiger charge is 2.37. The second-order valence-corrected chi connectivity index (χ2v) is 10.9. The highest BCUT2D eigenvalue weighted by Crippen LogP contribution is 2.26. The number of rotatable bonds is 15. The molecule has 2 aromatic rings. The molecule has 2 N–H and O–H groups in total. The third-order valence-corrected chi connectivity index (χ3v) is 6.42. The molecule has 0 unspecified atom stereocenters. The maximum Gasteiger partial charge on any atom is 0.328 e. The monoisotopic (exact) mass is 553 g/mol. The van der Waals surface area contributed by atoms with Gasteiger partial charge in [-0.3, -0.25) is 19.3 Å². The first kappa shape index (κ1) is 32.5. The second-order valence-electron chi connectivity index (χ2n) is 10.9. The van der Waals surface area contributed by atoms with Gasteiger partial charge >= 0.3 is 5.97 Å². The molecular formula is C31H43N3O6. The molecule has 0 radical (unpaired) electrons. The Labute approximate surface area is 237 Å². The number of benzene rings is 2. The fourth-order valence-electron chi connectivity index (χ4n) is 4.36. The van der Waals surface area contributed by atoms with Gasteiger partial charge in [-0.25, -0.2) is 4.79 Å². The first-order valence-corrected chi connectivity index (χ1v) is 13.6. The van der Waals surface area contributed by atoms with Crippen LogP contribution in [0.15, 0.2) is 54.6 Å². The van der Waals surface area contributed by atoms with Gasteiger partial charge in [-0.1, -0.05) is 58.0 Å². The summed E-state index contributed by atoms with van der Waals surface area (Å²) in [7, 11) is 4.91. The SMILES string of the molecule is COC(=O)[C@H](CC(C)C)NC(=O)[C@@H](NC(=O)[C@H](CC(C)C)N(C)C)[C@@H](Oc1ccc(C=O)cc1)c1ccccc1. The lowest BCUT2D eigenvalue weighted by Gasteiger charge is -2.32. The van der Waals surface area contributed by atoms with E-state index < -0.39 is 36.1 Å². The third kappa shape index (κ3) is 9.79. The number of hydrogen-bond acceptors (Lipinski definition) is 7. The highest BCUT2D eigenvalue weighted by molar-refractivity contribution is 5.92. The van der Waals surface area contributed by atoms with Gasteiger partial charge in [0.15, 0.2) is 6.10 Å². The first-order valence-electron chi connectivity index (χ1n) is 13.6. The Bertz CT molecular complexity index is 1100. The number of carbonyl (C=O) groups is 4. The topological polar surface area (TPSA) is 114 Å². The fourth-order valence-corrected chi connectivity index (χ4v) is 4.36. The molecule has 0 bridgehead atoms. The first-order chi connectivity index (χ1) is 19.0. The predicted octanol–water partition coefficient (Wildman–Crippen LogP) is 3.78. The predicted molar refractivity (Wildman–Crippen MR) is 154 cm³/mol. The maximum absolute atomic E-state index is 13.9. The van der Waals surface area contributed by atoms with E-state index >= 15 is 0 Å². The summed E-state index contributed by atoms with van der Waals surface area (Å²) in [6.45, 7) is 7.93. The van der Waals surface area contributed by atoms with Crippen molar-refractivity contribution in [2.75, 3.05) is 21.2 Å². The Morgan fingerprint density at radius 2 is 1.45 bits per heavy atom. The highest BCUT2D eigenvalue weighted by atomic mass is 16.5. The summed E-state index contributed by atoms with van der Waals surface area (Å²) in [5, 5.41) is 5.73. The van der Waals surface area contributed by atoms with Crippen LogP contribution in [0.5, 0.6) is 5.75 Å². The van der Waals surface area contributed by atoms with Crippen LogP contribution < -0.4 is 15.4 Å². The van der Waals surface area contributed by atoms with E-state index in [1.54, 1.807) is 36.4 Å². The molecule has 0 aromatic heterocycles. The van der Waals surface area contributed by atoms with Crippen molar-refractivity contribution in [2.24, 2.45) is 11.8 Å². The lowest BCUT2D eigenvalue weighted by Crippen LogP contribution is -2.58. The number of carbonyl (C=O) groups excluding carboxylic acids is 4. The molecule has 9 nitrogen and oxygen atoms in total. The number of hydrogen-bond donors (Lipinski definition) is 2. The number of esters is 1. The van der Waals surface area contributed by atoms with E-state index in [4.69, 9.17) is 9.47 Å². The Balaban J connectivity index is 2.56. The lowest BCUT2D eigenvalue weighted by atomic mass is 9.97. The van der Waals surface area contributed by atoms with Crippen LogP contribution in [0, 0.1) is 11.8 Å². The minimum absolute atomic E-state index is 0.0964. The molecular weight excluding hydrogens is 510 g/mol. The van der Waals surface area contributed by atoms with E-state index in [2.05, 4.69) is 10.6 Å². The van der Waals surface area contributed by atoms with Gasteiger partial charge in [0.05, 0.1) is 13.2 Å². The third-order valence-electron chi connectivity index (χ3n) is 6.42.